The normalized spacial score (nSPS) is 19.9. The second kappa shape index (κ2) is 6.87. The van der Waals surface area contributed by atoms with E-state index in [0.29, 0.717) is 18.3 Å². The third-order valence-corrected chi connectivity index (χ3v) is 5.40. The zero-order valence-corrected chi connectivity index (χ0v) is 15.2. The van der Waals surface area contributed by atoms with Gasteiger partial charge in [-0.05, 0) is 47.6 Å². The number of methoxy groups -OCH3 is 1. The van der Waals surface area contributed by atoms with Crippen molar-refractivity contribution in [2.24, 2.45) is 11.8 Å². The molecule has 0 spiro atoms. The first-order chi connectivity index (χ1) is 12.7. The van der Waals surface area contributed by atoms with Crippen molar-refractivity contribution in [2.45, 2.75) is 25.8 Å². The standard InChI is InChI=1S/C22H24N2O2/c1-14-10-18(14)22(15-6-4-3-5-7-15)24-21(25)11-16-13-23-20-9-8-17(26-2)12-19(16)20/h3-9,12-14,18,22-23H,10-11H2,1-2H3,(H,24,25). The Bertz CT molecular complexity index is 916. The van der Waals surface area contributed by atoms with Gasteiger partial charge in [0.25, 0.3) is 0 Å². The molecule has 1 aliphatic rings. The number of rotatable bonds is 6. The van der Waals surface area contributed by atoms with Gasteiger partial charge in [0.1, 0.15) is 5.75 Å². The van der Waals surface area contributed by atoms with E-state index in [1.54, 1.807) is 7.11 Å². The van der Waals surface area contributed by atoms with Gasteiger partial charge in [0, 0.05) is 17.1 Å². The molecule has 2 aromatic carbocycles. The summed E-state index contributed by atoms with van der Waals surface area (Å²) in [6.45, 7) is 2.25. The second-order valence-electron chi connectivity index (χ2n) is 7.23. The van der Waals surface area contributed by atoms with Crippen molar-refractivity contribution in [3.63, 3.8) is 0 Å². The van der Waals surface area contributed by atoms with Gasteiger partial charge in [0.15, 0.2) is 0 Å². The quantitative estimate of drug-likeness (QED) is 0.700. The lowest BCUT2D eigenvalue weighted by atomic mass is 10.0. The van der Waals surface area contributed by atoms with E-state index < -0.39 is 0 Å². The summed E-state index contributed by atoms with van der Waals surface area (Å²) < 4.78 is 5.31. The van der Waals surface area contributed by atoms with Crippen molar-refractivity contribution in [1.29, 1.82) is 0 Å². The molecule has 134 valence electrons. The molecule has 1 amide bonds. The average Bonchev–Trinajstić information content (AvgIpc) is 3.26. The minimum Gasteiger partial charge on any atom is -0.497 e. The van der Waals surface area contributed by atoms with E-state index in [4.69, 9.17) is 4.74 Å². The molecule has 3 atom stereocenters. The van der Waals surface area contributed by atoms with Gasteiger partial charge in [0.05, 0.1) is 19.6 Å². The highest BCUT2D eigenvalue weighted by Crippen LogP contribution is 2.46. The lowest BCUT2D eigenvalue weighted by Crippen LogP contribution is -2.31. The summed E-state index contributed by atoms with van der Waals surface area (Å²) in [6, 6.07) is 16.3. The maximum atomic E-state index is 12.8. The Morgan fingerprint density at radius 3 is 2.73 bits per heavy atom. The molecule has 0 aliphatic heterocycles. The number of amides is 1. The first kappa shape index (κ1) is 16.7. The Labute approximate surface area is 153 Å². The van der Waals surface area contributed by atoms with E-state index in [0.717, 1.165) is 22.2 Å². The molecule has 0 saturated heterocycles. The van der Waals surface area contributed by atoms with E-state index >= 15 is 0 Å². The van der Waals surface area contributed by atoms with Crippen LogP contribution >= 0.6 is 0 Å². The summed E-state index contributed by atoms with van der Waals surface area (Å²) >= 11 is 0. The number of ether oxygens (including phenoxy) is 1. The molecule has 0 bridgehead atoms. The third kappa shape index (κ3) is 3.32. The van der Waals surface area contributed by atoms with Gasteiger partial charge in [-0.15, -0.1) is 0 Å². The highest BCUT2D eigenvalue weighted by atomic mass is 16.5. The molecule has 2 N–H and O–H groups in total. The highest BCUT2D eigenvalue weighted by Gasteiger charge is 2.40. The number of hydrogen-bond acceptors (Lipinski definition) is 2. The summed E-state index contributed by atoms with van der Waals surface area (Å²) in [7, 11) is 1.65. The van der Waals surface area contributed by atoms with Gasteiger partial charge in [0.2, 0.25) is 5.91 Å². The number of carbonyl (C=O) groups excluding carboxylic acids is 1. The fourth-order valence-corrected chi connectivity index (χ4v) is 3.74. The predicted octanol–water partition coefficient (Wildman–Crippen LogP) is 4.23. The molecule has 1 aliphatic carbocycles. The summed E-state index contributed by atoms with van der Waals surface area (Å²) in [5.41, 5.74) is 3.20. The SMILES string of the molecule is COc1ccc2[nH]cc(CC(=O)NC(c3ccccc3)C3CC3C)c2c1. The Kier molecular flexibility index (Phi) is 4.41. The number of nitrogens with one attached hydrogen (secondary N) is 2. The van der Waals surface area contributed by atoms with Gasteiger partial charge >= 0.3 is 0 Å². The van der Waals surface area contributed by atoms with Crippen molar-refractivity contribution in [3.8, 4) is 5.75 Å². The van der Waals surface area contributed by atoms with E-state index in [2.05, 4.69) is 29.4 Å². The molecule has 3 aromatic rings. The number of H-pyrrole nitrogens is 1. The molecule has 4 nitrogen and oxygen atoms in total. The van der Waals surface area contributed by atoms with Gasteiger partial charge in [-0.3, -0.25) is 4.79 Å². The molecular weight excluding hydrogens is 324 g/mol. The molecular formula is C22H24N2O2. The molecule has 0 radical (unpaired) electrons. The minimum absolute atomic E-state index is 0.0571. The Hall–Kier alpha value is -2.75. The topological polar surface area (TPSA) is 54.1 Å². The van der Waals surface area contributed by atoms with E-state index in [-0.39, 0.29) is 11.9 Å². The van der Waals surface area contributed by atoms with E-state index in [1.807, 2.05) is 42.6 Å². The molecule has 1 heterocycles. The van der Waals surface area contributed by atoms with Crippen LogP contribution in [-0.2, 0) is 11.2 Å². The maximum Gasteiger partial charge on any atom is 0.224 e. The fraction of sp³-hybridized carbons (Fsp3) is 0.318. The van der Waals surface area contributed by atoms with Gasteiger partial charge < -0.3 is 15.0 Å². The first-order valence-corrected chi connectivity index (χ1v) is 9.14. The second-order valence-corrected chi connectivity index (χ2v) is 7.23. The van der Waals surface area contributed by atoms with Crippen molar-refractivity contribution in [3.05, 3.63) is 65.9 Å². The number of hydrogen-bond donors (Lipinski definition) is 2. The number of aromatic amines is 1. The van der Waals surface area contributed by atoms with Crippen LogP contribution in [0.25, 0.3) is 10.9 Å². The van der Waals surface area contributed by atoms with Gasteiger partial charge in [-0.2, -0.15) is 0 Å². The van der Waals surface area contributed by atoms with E-state index in [9.17, 15) is 4.79 Å². The zero-order valence-electron chi connectivity index (χ0n) is 15.2. The van der Waals surface area contributed by atoms with Gasteiger partial charge in [-0.25, -0.2) is 0 Å². The number of fused-ring (bicyclic) bond motifs is 1. The molecule has 3 unspecified atom stereocenters. The van der Waals surface area contributed by atoms with Crippen LogP contribution in [0, 0.1) is 11.8 Å². The average molecular weight is 348 g/mol. The van der Waals surface area contributed by atoms with Crippen molar-refractivity contribution < 1.29 is 9.53 Å². The van der Waals surface area contributed by atoms with Crippen molar-refractivity contribution in [2.75, 3.05) is 7.11 Å². The van der Waals surface area contributed by atoms with Crippen LogP contribution in [-0.4, -0.2) is 18.0 Å². The molecule has 26 heavy (non-hydrogen) atoms. The molecule has 1 fully saturated rings. The third-order valence-electron chi connectivity index (χ3n) is 5.40. The van der Waals surface area contributed by atoms with Crippen LogP contribution in [0.1, 0.15) is 30.5 Å². The van der Waals surface area contributed by atoms with E-state index in [1.165, 1.54) is 12.0 Å². The monoisotopic (exact) mass is 348 g/mol. The number of benzene rings is 2. The summed E-state index contributed by atoms with van der Waals surface area (Å²) in [5, 5.41) is 4.31. The Balaban J connectivity index is 1.52. The molecule has 4 heteroatoms. The summed E-state index contributed by atoms with van der Waals surface area (Å²) in [5.74, 6) is 2.05. The van der Waals surface area contributed by atoms with Crippen LogP contribution < -0.4 is 10.1 Å². The number of carbonyl (C=O) groups is 1. The molecule has 1 aromatic heterocycles. The zero-order chi connectivity index (χ0) is 18.1. The summed E-state index contributed by atoms with van der Waals surface area (Å²) in [6.07, 6.45) is 3.45. The maximum absolute atomic E-state index is 12.8. The van der Waals surface area contributed by atoms with Gasteiger partial charge in [-0.1, -0.05) is 37.3 Å². The molecule has 1 saturated carbocycles. The lowest BCUT2D eigenvalue weighted by molar-refractivity contribution is -0.121. The lowest BCUT2D eigenvalue weighted by Gasteiger charge is -2.19. The summed E-state index contributed by atoms with van der Waals surface area (Å²) in [4.78, 5) is 16.0. The first-order valence-electron chi connectivity index (χ1n) is 9.14. The van der Waals surface area contributed by atoms with Crippen molar-refractivity contribution >= 4 is 16.8 Å². The van der Waals surface area contributed by atoms with Crippen LogP contribution in [0.4, 0.5) is 0 Å². The minimum atomic E-state index is 0.0571. The number of aromatic nitrogens is 1. The van der Waals surface area contributed by atoms with Crippen LogP contribution in [0.3, 0.4) is 0 Å². The molecule has 4 rings (SSSR count). The predicted molar refractivity (Wildman–Crippen MR) is 103 cm³/mol. The van der Waals surface area contributed by atoms with Crippen LogP contribution in [0.5, 0.6) is 5.75 Å². The van der Waals surface area contributed by atoms with Crippen LogP contribution in [0.2, 0.25) is 0 Å². The smallest absolute Gasteiger partial charge is 0.224 e. The Morgan fingerprint density at radius 2 is 2.04 bits per heavy atom. The van der Waals surface area contributed by atoms with Crippen LogP contribution in [0.15, 0.2) is 54.7 Å². The fourth-order valence-electron chi connectivity index (χ4n) is 3.74. The Morgan fingerprint density at radius 1 is 1.27 bits per heavy atom. The largest absolute Gasteiger partial charge is 0.497 e. The van der Waals surface area contributed by atoms with Crippen molar-refractivity contribution in [1.82, 2.24) is 10.3 Å². The highest BCUT2D eigenvalue weighted by molar-refractivity contribution is 5.89.